The van der Waals surface area contributed by atoms with E-state index in [0.717, 1.165) is 6.20 Å². The molecule has 2 N–H and O–H groups in total. The van der Waals surface area contributed by atoms with Crippen LogP contribution in [0.4, 0.5) is 13.2 Å². The molecule has 0 unspecified atom stereocenters. The molecular weight excluding hydrogens is 277 g/mol. The number of rotatable bonds is 2. The monoisotopic (exact) mass is 284 g/mol. The van der Waals surface area contributed by atoms with Crippen molar-refractivity contribution in [2.75, 3.05) is 0 Å². The smallest absolute Gasteiger partial charge is 0.364 e. The summed E-state index contributed by atoms with van der Waals surface area (Å²) in [6.07, 6.45) is -4.22. The van der Waals surface area contributed by atoms with Crippen molar-refractivity contribution in [3.8, 4) is 11.8 Å². The summed E-state index contributed by atoms with van der Waals surface area (Å²) in [6.45, 7) is 0. The Kier molecular flexibility index (Phi) is 3.44. The van der Waals surface area contributed by atoms with Gasteiger partial charge in [0.25, 0.3) is 0 Å². The van der Waals surface area contributed by atoms with Gasteiger partial charge in [0.15, 0.2) is 12.0 Å². The van der Waals surface area contributed by atoms with Crippen molar-refractivity contribution < 1.29 is 23.4 Å². The summed E-state index contributed by atoms with van der Waals surface area (Å²) >= 11 is 0. The molecule has 9 heteroatoms. The Morgan fingerprint density at radius 1 is 1.30 bits per heavy atom. The van der Waals surface area contributed by atoms with Gasteiger partial charge in [-0.05, 0) is 6.07 Å². The van der Waals surface area contributed by atoms with Crippen molar-refractivity contribution in [3.63, 3.8) is 0 Å². The summed E-state index contributed by atoms with van der Waals surface area (Å²) in [5.41, 5.74) is -2.42. The summed E-state index contributed by atoms with van der Waals surface area (Å²) in [7, 11) is 0. The Labute approximate surface area is 110 Å². The number of aliphatic hydroxyl groups is 2. The zero-order valence-electron chi connectivity index (χ0n) is 9.70. The van der Waals surface area contributed by atoms with Crippen LogP contribution in [-0.4, -0.2) is 25.0 Å². The van der Waals surface area contributed by atoms with Gasteiger partial charge in [-0.25, -0.2) is 4.68 Å². The predicted molar refractivity (Wildman–Crippen MR) is 58.3 cm³/mol. The first-order valence-electron chi connectivity index (χ1n) is 5.22. The van der Waals surface area contributed by atoms with E-state index in [1.165, 1.54) is 12.3 Å². The van der Waals surface area contributed by atoms with Gasteiger partial charge in [-0.2, -0.15) is 23.5 Å². The lowest BCUT2D eigenvalue weighted by atomic mass is 10.2. The molecule has 104 valence electrons. The summed E-state index contributed by atoms with van der Waals surface area (Å²) in [5.74, 6) is 0. The number of alkyl halides is 3. The minimum absolute atomic E-state index is 0.125. The molecule has 0 saturated carbocycles. The number of aromatic nitrogens is 3. The van der Waals surface area contributed by atoms with Crippen molar-refractivity contribution in [1.82, 2.24) is 14.8 Å². The van der Waals surface area contributed by atoms with Gasteiger partial charge in [0, 0.05) is 12.4 Å². The Balaban J connectivity index is 2.73. The van der Waals surface area contributed by atoms with E-state index in [4.69, 9.17) is 15.5 Å². The summed E-state index contributed by atoms with van der Waals surface area (Å²) in [6, 6.07) is 2.87. The number of pyridine rings is 1. The van der Waals surface area contributed by atoms with Crippen LogP contribution in [-0.2, 0) is 6.18 Å². The molecule has 0 radical (unpaired) electrons. The summed E-state index contributed by atoms with van der Waals surface area (Å²) in [4.78, 5) is 3.63. The molecule has 2 aromatic heterocycles. The van der Waals surface area contributed by atoms with Crippen LogP contribution in [0.25, 0.3) is 5.69 Å². The van der Waals surface area contributed by atoms with Crippen LogP contribution in [0.1, 0.15) is 23.1 Å². The van der Waals surface area contributed by atoms with E-state index in [9.17, 15) is 13.2 Å². The second-order valence-electron chi connectivity index (χ2n) is 3.74. The van der Waals surface area contributed by atoms with Gasteiger partial charge in [-0.3, -0.25) is 4.98 Å². The minimum atomic E-state index is -4.87. The van der Waals surface area contributed by atoms with Crippen molar-refractivity contribution in [3.05, 3.63) is 41.5 Å². The molecule has 20 heavy (non-hydrogen) atoms. The van der Waals surface area contributed by atoms with Gasteiger partial charge >= 0.3 is 6.18 Å². The van der Waals surface area contributed by atoms with Gasteiger partial charge in [0.2, 0.25) is 0 Å². The number of aliphatic hydroxyl groups excluding tert-OH is 1. The fourth-order valence-electron chi connectivity index (χ4n) is 1.67. The summed E-state index contributed by atoms with van der Waals surface area (Å²) < 4.78 is 39.6. The van der Waals surface area contributed by atoms with Crippen LogP contribution in [0, 0.1) is 11.3 Å². The first-order chi connectivity index (χ1) is 9.36. The quantitative estimate of drug-likeness (QED) is 0.806. The van der Waals surface area contributed by atoms with Crippen LogP contribution in [0.5, 0.6) is 0 Å². The molecule has 0 aliphatic carbocycles. The first-order valence-corrected chi connectivity index (χ1v) is 5.22. The molecule has 2 heterocycles. The molecule has 2 aromatic rings. The van der Waals surface area contributed by atoms with Crippen molar-refractivity contribution in [2.24, 2.45) is 0 Å². The molecule has 0 atom stereocenters. The molecule has 0 bridgehead atoms. The lowest BCUT2D eigenvalue weighted by Crippen LogP contribution is -2.17. The highest BCUT2D eigenvalue weighted by atomic mass is 19.4. The van der Waals surface area contributed by atoms with Crippen molar-refractivity contribution >= 4 is 0 Å². The number of nitrogens with zero attached hydrogens (tertiary/aromatic N) is 4. The molecule has 0 spiro atoms. The van der Waals surface area contributed by atoms with E-state index in [1.807, 2.05) is 0 Å². The van der Waals surface area contributed by atoms with E-state index >= 15 is 0 Å². The molecule has 6 nitrogen and oxygen atoms in total. The molecular formula is C11H7F3N4O2. The molecule has 0 amide bonds. The van der Waals surface area contributed by atoms with E-state index in [0.29, 0.717) is 10.9 Å². The van der Waals surface area contributed by atoms with Gasteiger partial charge < -0.3 is 10.2 Å². The van der Waals surface area contributed by atoms with Gasteiger partial charge in [-0.15, -0.1) is 0 Å². The normalized spacial score (nSPS) is 11.7. The van der Waals surface area contributed by atoms with Crippen LogP contribution >= 0.6 is 0 Å². The highest BCUT2D eigenvalue weighted by Crippen LogP contribution is 2.35. The van der Waals surface area contributed by atoms with Crippen LogP contribution in [0.2, 0.25) is 0 Å². The third-order valence-corrected chi connectivity index (χ3v) is 2.49. The Hall–Kier alpha value is -2.44. The van der Waals surface area contributed by atoms with Crippen LogP contribution < -0.4 is 0 Å². The first kappa shape index (κ1) is 14.0. The number of halogens is 3. The highest BCUT2D eigenvalue weighted by Gasteiger charge is 2.40. The average molecular weight is 284 g/mol. The maximum atomic E-state index is 13.0. The van der Waals surface area contributed by atoms with Crippen LogP contribution in [0.15, 0.2) is 24.7 Å². The Morgan fingerprint density at radius 2 is 2.00 bits per heavy atom. The number of hydrogen-bond donors (Lipinski definition) is 2. The van der Waals surface area contributed by atoms with Gasteiger partial charge in [0.05, 0.1) is 23.0 Å². The number of hydrogen-bond acceptors (Lipinski definition) is 5. The zero-order chi connectivity index (χ0) is 14.9. The fraction of sp³-hybridized carbons (Fsp3) is 0.182. The third-order valence-electron chi connectivity index (χ3n) is 2.49. The summed E-state index contributed by atoms with van der Waals surface area (Å²) in [5, 5.41) is 30.3. The molecule has 0 fully saturated rings. The maximum absolute atomic E-state index is 13.0. The predicted octanol–water partition coefficient (Wildman–Crippen LogP) is 1.14. The maximum Gasteiger partial charge on any atom is 0.433 e. The SMILES string of the molecule is N#Cc1cnccc1-n1ncc(C(O)O)c1C(F)(F)F. The van der Waals surface area contributed by atoms with E-state index in [2.05, 4.69) is 10.1 Å². The lowest BCUT2D eigenvalue weighted by molar-refractivity contribution is -0.147. The highest BCUT2D eigenvalue weighted by molar-refractivity contribution is 5.48. The minimum Gasteiger partial charge on any atom is -0.364 e. The zero-order valence-corrected chi connectivity index (χ0v) is 9.70. The molecule has 0 aliphatic rings. The van der Waals surface area contributed by atoms with Gasteiger partial charge in [-0.1, -0.05) is 0 Å². The number of nitriles is 1. The molecule has 2 rings (SSSR count). The van der Waals surface area contributed by atoms with E-state index in [-0.39, 0.29) is 11.3 Å². The lowest BCUT2D eigenvalue weighted by Gasteiger charge is -2.13. The van der Waals surface area contributed by atoms with Gasteiger partial charge in [0.1, 0.15) is 6.07 Å². The average Bonchev–Trinajstić information content (AvgIpc) is 2.83. The topological polar surface area (TPSA) is 95.0 Å². The van der Waals surface area contributed by atoms with E-state index in [1.54, 1.807) is 6.07 Å². The molecule has 0 saturated heterocycles. The van der Waals surface area contributed by atoms with E-state index < -0.39 is 23.7 Å². The third kappa shape index (κ3) is 2.34. The second-order valence-corrected chi connectivity index (χ2v) is 3.74. The molecule has 0 aliphatic heterocycles. The van der Waals surface area contributed by atoms with Crippen molar-refractivity contribution in [2.45, 2.75) is 12.5 Å². The Morgan fingerprint density at radius 3 is 2.55 bits per heavy atom. The molecule has 0 aromatic carbocycles. The largest absolute Gasteiger partial charge is 0.433 e. The fourth-order valence-corrected chi connectivity index (χ4v) is 1.67. The van der Waals surface area contributed by atoms with Crippen molar-refractivity contribution in [1.29, 1.82) is 5.26 Å². The van der Waals surface area contributed by atoms with Crippen LogP contribution in [0.3, 0.4) is 0 Å². The second kappa shape index (κ2) is 4.92. The Bertz CT molecular complexity index is 673. The standard InChI is InChI=1S/C11H7F3N4O2/c12-11(13,14)9-7(10(19)20)5-17-18(9)8-1-2-16-4-6(8)3-15/h1-2,4-5,10,19-20H.